The maximum atomic E-state index is 13.5. The highest BCUT2D eigenvalue weighted by molar-refractivity contribution is 5.94. The predicted molar refractivity (Wildman–Crippen MR) is 147 cm³/mol. The topological polar surface area (TPSA) is 138 Å². The molecule has 0 aliphatic rings. The molecule has 39 heavy (non-hydrogen) atoms. The van der Waals surface area contributed by atoms with Crippen LogP contribution >= 0.6 is 0 Å². The maximum absolute atomic E-state index is 13.5. The first kappa shape index (κ1) is 28.9. The number of nitrogens with zero attached hydrogens (tertiary/aromatic N) is 5. The van der Waals surface area contributed by atoms with Gasteiger partial charge in [0.2, 0.25) is 0 Å². The fraction of sp³-hybridized carbons (Fsp3) is 0.321. The molecule has 0 aliphatic carbocycles. The summed E-state index contributed by atoms with van der Waals surface area (Å²) in [5.74, 6) is -1.46. The molecule has 0 unspecified atom stereocenters. The van der Waals surface area contributed by atoms with E-state index in [2.05, 4.69) is 11.6 Å². The fourth-order valence-corrected chi connectivity index (χ4v) is 4.10. The average Bonchev–Trinajstić information content (AvgIpc) is 2.86. The summed E-state index contributed by atoms with van der Waals surface area (Å²) < 4.78 is 8.20. The lowest BCUT2D eigenvalue weighted by Gasteiger charge is -2.17. The zero-order chi connectivity index (χ0) is 28.9. The smallest absolute Gasteiger partial charge is 0.341 e. The molecule has 11 heteroatoms. The second-order valence-corrected chi connectivity index (χ2v) is 9.35. The van der Waals surface area contributed by atoms with Gasteiger partial charge >= 0.3 is 5.97 Å². The molecule has 3 rings (SSSR count). The van der Waals surface area contributed by atoms with Crippen LogP contribution in [0.5, 0.6) is 0 Å². The van der Waals surface area contributed by atoms with Gasteiger partial charge < -0.3 is 9.30 Å². The van der Waals surface area contributed by atoms with Crippen LogP contribution in [0.4, 0.5) is 0 Å². The van der Waals surface area contributed by atoms with E-state index in [1.165, 1.54) is 35.6 Å². The summed E-state index contributed by atoms with van der Waals surface area (Å²) in [7, 11) is 0. The van der Waals surface area contributed by atoms with E-state index >= 15 is 0 Å². The Morgan fingerprint density at radius 3 is 2.64 bits per heavy atom. The molecule has 3 heterocycles. The number of ether oxygens (including phenoxy) is 1. The van der Waals surface area contributed by atoms with Gasteiger partial charge in [0, 0.05) is 24.4 Å². The first-order valence-electron chi connectivity index (χ1n) is 12.4. The molecule has 0 fully saturated rings. The molecule has 204 valence electrons. The van der Waals surface area contributed by atoms with Crippen LogP contribution in [0.3, 0.4) is 0 Å². The van der Waals surface area contributed by atoms with E-state index in [9.17, 15) is 24.5 Å². The van der Waals surface area contributed by atoms with Gasteiger partial charge in [0.25, 0.3) is 17.2 Å². The Hall–Kier alpha value is -4.67. The van der Waals surface area contributed by atoms with Gasteiger partial charge in [0.1, 0.15) is 16.9 Å². The lowest BCUT2D eigenvalue weighted by atomic mass is 10.1. The Labute approximate surface area is 224 Å². The van der Waals surface area contributed by atoms with Crippen molar-refractivity contribution in [3.8, 4) is 0 Å². The van der Waals surface area contributed by atoms with E-state index in [-0.39, 0.29) is 64.4 Å². The van der Waals surface area contributed by atoms with Crippen LogP contribution in [-0.2, 0) is 16.1 Å². The number of fused-ring (bicyclic) bond motifs is 2. The Kier molecular flexibility index (Phi) is 9.08. The van der Waals surface area contributed by atoms with Gasteiger partial charge in [0.05, 0.1) is 23.3 Å². The van der Waals surface area contributed by atoms with Crippen molar-refractivity contribution in [2.75, 3.05) is 6.61 Å². The zero-order valence-electron chi connectivity index (χ0n) is 22.6. The summed E-state index contributed by atoms with van der Waals surface area (Å²) in [6, 6.07) is 4.90. The number of esters is 1. The number of aromatic nitrogens is 3. The number of hydrogen-bond acceptors (Lipinski definition) is 7. The lowest BCUT2D eigenvalue weighted by molar-refractivity contribution is -0.420. The normalized spacial score (nSPS) is 12.8. The standard InChI is InChI=1S/C28H31N5O6/c1-7-9-12-22(33(37)38)19(6)14-23(34)29-26-21(28(36)39-8-2)15-20-25(32(26)16-17(3)4)30-24-18(5)11-10-13-31(24)27(20)35/h7,9-13,15,17H,1,8,14,16H2,2-6H3/b12-9+,22-19-,29-26?. The number of allylic oxidation sites excluding steroid dienone is 3. The van der Waals surface area contributed by atoms with Gasteiger partial charge in [-0.2, -0.15) is 4.99 Å². The fourth-order valence-electron chi connectivity index (χ4n) is 4.10. The van der Waals surface area contributed by atoms with Crippen molar-refractivity contribution >= 4 is 28.6 Å². The summed E-state index contributed by atoms with van der Waals surface area (Å²) in [5, 5.41) is 11.7. The summed E-state index contributed by atoms with van der Waals surface area (Å²) in [6.07, 6.45) is 5.27. The van der Waals surface area contributed by atoms with Gasteiger partial charge in [-0.25, -0.2) is 9.78 Å². The highest BCUT2D eigenvalue weighted by atomic mass is 16.6. The summed E-state index contributed by atoms with van der Waals surface area (Å²) in [6.45, 7) is 12.6. The summed E-state index contributed by atoms with van der Waals surface area (Å²) >= 11 is 0. The van der Waals surface area contributed by atoms with Gasteiger partial charge in [-0.3, -0.25) is 24.1 Å². The van der Waals surface area contributed by atoms with E-state index in [1.807, 2.05) is 26.8 Å². The molecule has 0 spiro atoms. The summed E-state index contributed by atoms with van der Waals surface area (Å²) in [4.78, 5) is 59.6. The number of amides is 1. The SMILES string of the molecule is C=C/C=C/C(=C(\C)CC(=O)N=c1c(C(=O)OCC)cc2c(=O)n3cccc(C)c3nc2n1CC(C)C)[N+](=O)[O-]. The quantitative estimate of drug-likeness (QED) is 0.134. The van der Waals surface area contributed by atoms with E-state index in [0.717, 1.165) is 5.56 Å². The van der Waals surface area contributed by atoms with E-state index in [1.54, 1.807) is 23.8 Å². The molecule has 0 atom stereocenters. The Morgan fingerprint density at radius 1 is 1.31 bits per heavy atom. The Balaban J connectivity index is 2.41. The number of aryl methyl sites for hydroxylation is 1. The molecule has 0 aliphatic heterocycles. The number of carbonyl (C=O) groups excluding carboxylic acids is 2. The Bertz CT molecular complexity index is 1670. The van der Waals surface area contributed by atoms with Crippen molar-refractivity contribution in [3.63, 3.8) is 0 Å². The van der Waals surface area contributed by atoms with Gasteiger partial charge in [-0.15, -0.1) is 0 Å². The molecular formula is C28H31N5O6. The van der Waals surface area contributed by atoms with Crippen molar-refractivity contribution in [1.29, 1.82) is 0 Å². The predicted octanol–water partition coefficient (Wildman–Crippen LogP) is 3.90. The van der Waals surface area contributed by atoms with Crippen LogP contribution in [0.25, 0.3) is 16.7 Å². The second kappa shape index (κ2) is 12.2. The third-order valence-corrected chi connectivity index (χ3v) is 5.82. The second-order valence-electron chi connectivity index (χ2n) is 9.35. The van der Waals surface area contributed by atoms with Crippen molar-refractivity contribution in [2.24, 2.45) is 10.9 Å². The number of rotatable bonds is 9. The van der Waals surface area contributed by atoms with Crippen LogP contribution in [-0.4, -0.2) is 37.4 Å². The van der Waals surface area contributed by atoms with Crippen LogP contribution < -0.4 is 11.0 Å². The van der Waals surface area contributed by atoms with Crippen molar-refractivity contribution < 1.29 is 19.2 Å². The van der Waals surface area contributed by atoms with E-state index in [0.29, 0.717) is 5.65 Å². The molecule has 3 aromatic heterocycles. The minimum atomic E-state index is -0.760. The monoisotopic (exact) mass is 533 g/mol. The molecular weight excluding hydrogens is 502 g/mol. The van der Waals surface area contributed by atoms with Crippen molar-refractivity contribution in [1.82, 2.24) is 14.0 Å². The third-order valence-electron chi connectivity index (χ3n) is 5.82. The van der Waals surface area contributed by atoms with E-state index < -0.39 is 16.8 Å². The van der Waals surface area contributed by atoms with Gasteiger partial charge in [0.15, 0.2) is 5.49 Å². The molecule has 0 bridgehead atoms. The minimum Gasteiger partial charge on any atom is -0.462 e. The average molecular weight is 534 g/mol. The number of hydrogen-bond donors (Lipinski definition) is 0. The Morgan fingerprint density at radius 2 is 2.03 bits per heavy atom. The lowest BCUT2D eigenvalue weighted by Crippen LogP contribution is -2.34. The molecule has 1 amide bonds. The summed E-state index contributed by atoms with van der Waals surface area (Å²) in [5.41, 5.74) is 0.884. The molecule has 0 saturated carbocycles. The van der Waals surface area contributed by atoms with Gasteiger partial charge in [-0.1, -0.05) is 38.6 Å². The first-order valence-corrected chi connectivity index (χ1v) is 12.4. The van der Waals surface area contributed by atoms with E-state index in [4.69, 9.17) is 9.72 Å². The van der Waals surface area contributed by atoms with Crippen LogP contribution in [0, 0.1) is 23.0 Å². The molecule has 11 nitrogen and oxygen atoms in total. The molecule has 0 aromatic carbocycles. The number of nitro groups is 1. The molecule has 0 N–H and O–H groups in total. The molecule has 0 saturated heterocycles. The van der Waals surface area contributed by atoms with Crippen LogP contribution in [0.2, 0.25) is 0 Å². The number of carbonyl (C=O) groups is 2. The first-order chi connectivity index (χ1) is 18.5. The van der Waals surface area contributed by atoms with Crippen LogP contribution in [0.1, 0.15) is 50.0 Å². The maximum Gasteiger partial charge on any atom is 0.341 e. The number of pyridine rings is 2. The minimum absolute atomic E-state index is 0.0172. The highest BCUT2D eigenvalue weighted by Crippen LogP contribution is 2.16. The van der Waals surface area contributed by atoms with Crippen LogP contribution in [0.15, 0.2) is 70.3 Å². The van der Waals surface area contributed by atoms with Gasteiger partial charge in [-0.05, 0) is 44.4 Å². The molecule has 3 aromatic rings. The zero-order valence-corrected chi connectivity index (χ0v) is 22.6. The largest absolute Gasteiger partial charge is 0.462 e. The molecule has 0 radical (unpaired) electrons. The van der Waals surface area contributed by atoms with Crippen molar-refractivity contribution in [2.45, 2.75) is 47.6 Å². The third kappa shape index (κ3) is 6.25. The van der Waals surface area contributed by atoms with Crippen molar-refractivity contribution in [3.05, 3.63) is 97.6 Å². The highest BCUT2D eigenvalue weighted by Gasteiger charge is 2.21.